The number of carbonyl (C=O) groups is 2. The number of sulfone groups is 1. The van der Waals surface area contributed by atoms with Gasteiger partial charge >= 0.3 is 0 Å². The number of nitrogens with one attached hydrogen (secondary N) is 2. The molecule has 0 spiro atoms. The van der Waals surface area contributed by atoms with Gasteiger partial charge in [0.25, 0.3) is 0 Å². The Morgan fingerprint density at radius 1 is 1.17 bits per heavy atom. The molecule has 2 aromatic carbocycles. The van der Waals surface area contributed by atoms with Gasteiger partial charge in [-0.3, -0.25) is 9.59 Å². The van der Waals surface area contributed by atoms with E-state index < -0.39 is 9.84 Å². The zero-order valence-electron chi connectivity index (χ0n) is 17.5. The summed E-state index contributed by atoms with van der Waals surface area (Å²) in [4.78, 5) is 25.4. The third-order valence-corrected chi connectivity index (χ3v) is 8.09. The summed E-state index contributed by atoms with van der Waals surface area (Å²) in [5, 5.41) is 5.63. The first kappa shape index (κ1) is 22.4. The Kier molecular flexibility index (Phi) is 6.57. The Bertz CT molecular complexity index is 1090. The minimum Gasteiger partial charge on any atom is -0.326 e. The predicted molar refractivity (Wildman–Crippen MR) is 121 cm³/mol. The van der Waals surface area contributed by atoms with Crippen molar-refractivity contribution in [1.82, 2.24) is 0 Å². The Hall–Kier alpha value is -2.32. The second kappa shape index (κ2) is 8.81. The van der Waals surface area contributed by atoms with Crippen molar-refractivity contribution in [3.8, 4) is 0 Å². The van der Waals surface area contributed by atoms with Crippen LogP contribution in [0.4, 0.5) is 11.4 Å². The number of benzene rings is 2. The fourth-order valence-electron chi connectivity index (χ4n) is 3.40. The van der Waals surface area contributed by atoms with Crippen molar-refractivity contribution < 1.29 is 18.0 Å². The highest BCUT2D eigenvalue weighted by atomic mass is 32.2. The van der Waals surface area contributed by atoms with Crippen LogP contribution >= 0.6 is 11.8 Å². The standard InChI is InChI=1S/C22H26N2O4S2/c1-13-9-14(2)21(15(3)10-13)24-20(25)7-8-30(27,28)17-5-6-19-18(11-17)23-22(26)16(4)12-29-19/h5-6,9-11,16H,7-8,12H2,1-4H3,(H,23,26)(H,24,25)/t16-/m0/s1. The van der Waals surface area contributed by atoms with Gasteiger partial charge in [-0.15, -0.1) is 11.8 Å². The first-order valence-electron chi connectivity index (χ1n) is 9.75. The molecule has 2 amide bonds. The maximum Gasteiger partial charge on any atom is 0.228 e. The lowest BCUT2D eigenvalue weighted by Gasteiger charge is -2.13. The van der Waals surface area contributed by atoms with Crippen LogP contribution in [-0.4, -0.2) is 31.7 Å². The van der Waals surface area contributed by atoms with E-state index in [1.54, 1.807) is 6.07 Å². The van der Waals surface area contributed by atoms with Gasteiger partial charge in [0.05, 0.1) is 16.3 Å². The molecule has 0 aromatic heterocycles. The topological polar surface area (TPSA) is 92.3 Å². The highest BCUT2D eigenvalue weighted by molar-refractivity contribution is 7.99. The molecule has 0 saturated heterocycles. The van der Waals surface area contributed by atoms with Gasteiger partial charge in [-0.1, -0.05) is 24.6 Å². The summed E-state index contributed by atoms with van der Waals surface area (Å²) in [6.45, 7) is 7.65. The summed E-state index contributed by atoms with van der Waals surface area (Å²) in [5.74, 6) is -0.290. The number of hydrogen-bond acceptors (Lipinski definition) is 5. The third-order valence-electron chi connectivity index (χ3n) is 5.04. The first-order valence-corrected chi connectivity index (χ1v) is 12.4. The van der Waals surface area contributed by atoms with Crippen LogP contribution in [0.25, 0.3) is 0 Å². The quantitative estimate of drug-likeness (QED) is 0.722. The molecule has 0 unspecified atom stereocenters. The van der Waals surface area contributed by atoms with Gasteiger partial charge in [0.15, 0.2) is 9.84 Å². The van der Waals surface area contributed by atoms with E-state index in [2.05, 4.69) is 10.6 Å². The molecule has 160 valence electrons. The molecule has 1 atom stereocenters. The molecular weight excluding hydrogens is 420 g/mol. The van der Waals surface area contributed by atoms with Crippen LogP contribution in [-0.2, 0) is 19.4 Å². The molecule has 2 N–H and O–H groups in total. The highest BCUT2D eigenvalue weighted by Gasteiger charge is 2.23. The van der Waals surface area contributed by atoms with Gasteiger partial charge in [0, 0.05) is 28.7 Å². The van der Waals surface area contributed by atoms with Crippen LogP contribution in [0.2, 0.25) is 0 Å². The zero-order valence-corrected chi connectivity index (χ0v) is 19.2. The Morgan fingerprint density at radius 2 is 1.83 bits per heavy atom. The number of carbonyl (C=O) groups excluding carboxylic acids is 2. The minimum absolute atomic E-state index is 0.104. The normalized spacial score (nSPS) is 16.4. The molecule has 1 aliphatic rings. The molecule has 1 aliphatic heterocycles. The molecule has 8 heteroatoms. The fraction of sp³-hybridized carbons (Fsp3) is 0.364. The molecule has 0 bridgehead atoms. The third kappa shape index (κ3) is 5.05. The van der Waals surface area contributed by atoms with Crippen LogP contribution in [0, 0.1) is 26.7 Å². The van der Waals surface area contributed by atoms with Gasteiger partial charge in [0.1, 0.15) is 0 Å². The van der Waals surface area contributed by atoms with E-state index in [0.29, 0.717) is 11.4 Å². The maximum absolute atomic E-state index is 12.8. The Morgan fingerprint density at radius 3 is 2.50 bits per heavy atom. The van der Waals surface area contributed by atoms with Crippen molar-refractivity contribution in [3.63, 3.8) is 0 Å². The predicted octanol–water partition coefficient (Wildman–Crippen LogP) is 4.09. The number of amides is 2. The summed E-state index contributed by atoms with van der Waals surface area (Å²) >= 11 is 1.52. The second-order valence-corrected chi connectivity index (χ2v) is 10.9. The zero-order chi connectivity index (χ0) is 22.1. The van der Waals surface area contributed by atoms with Crippen LogP contribution < -0.4 is 10.6 Å². The van der Waals surface area contributed by atoms with Crippen LogP contribution in [0.1, 0.15) is 30.0 Å². The van der Waals surface area contributed by atoms with E-state index in [-0.39, 0.29) is 34.8 Å². The fourth-order valence-corrected chi connectivity index (χ4v) is 5.67. The van der Waals surface area contributed by atoms with E-state index in [0.717, 1.165) is 27.3 Å². The average molecular weight is 447 g/mol. The molecule has 0 saturated carbocycles. The maximum atomic E-state index is 12.8. The van der Waals surface area contributed by atoms with Crippen LogP contribution in [0.3, 0.4) is 0 Å². The minimum atomic E-state index is -3.67. The lowest BCUT2D eigenvalue weighted by atomic mass is 10.1. The smallest absolute Gasteiger partial charge is 0.228 e. The van der Waals surface area contributed by atoms with E-state index >= 15 is 0 Å². The number of fused-ring (bicyclic) bond motifs is 1. The SMILES string of the molecule is Cc1cc(C)c(NC(=O)CCS(=O)(=O)c2ccc3c(c2)NC(=O)[C@@H](C)CS3)c(C)c1. The van der Waals surface area contributed by atoms with Crippen LogP contribution in [0.15, 0.2) is 40.1 Å². The summed E-state index contributed by atoms with van der Waals surface area (Å²) in [5.41, 5.74) is 4.22. The average Bonchev–Trinajstić information content (AvgIpc) is 2.81. The van der Waals surface area contributed by atoms with Gasteiger partial charge in [-0.05, 0) is 50.1 Å². The summed E-state index contributed by atoms with van der Waals surface area (Å²) in [6, 6.07) is 8.68. The van der Waals surface area contributed by atoms with Crippen molar-refractivity contribution >= 4 is 44.8 Å². The van der Waals surface area contributed by atoms with Crippen molar-refractivity contribution in [3.05, 3.63) is 47.0 Å². The van der Waals surface area contributed by atoms with Crippen molar-refractivity contribution in [2.75, 3.05) is 22.1 Å². The number of anilines is 2. The summed E-state index contributed by atoms with van der Waals surface area (Å²) < 4.78 is 25.6. The van der Waals surface area contributed by atoms with Crippen molar-refractivity contribution in [2.24, 2.45) is 5.92 Å². The lowest BCUT2D eigenvalue weighted by molar-refractivity contribution is -0.118. The van der Waals surface area contributed by atoms with E-state index in [1.165, 1.54) is 23.9 Å². The molecule has 2 aromatic rings. The lowest BCUT2D eigenvalue weighted by Crippen LogP contribution is -2.20. The number of rotatable bonds is 5. The van der Waals surface area contributed by atoms with E-state index in [1.807, 2.05) is 39.8 Å². The monoisotopic (exact) mass is 446 g/mol. The van der Waals surface area contributed by atoms with Gasteiger partial charge < -0.3 is 10.6 Å². The van der Waals surface area contributed by atoms with E-state index in [4.69, 9.17) is 0 Å². The van der Waals surface area contributed by atoms with Crippen molar-refractivity contribution in [1.29, 1.82) is 0 Å². The molecule has 30 heavy (non-hydrogen) atoms. The Labute approximate surface area is 181 Å². The summed E-state index contributed by atoms with van der Waals surface area (Å²) in [6.07, 6.45) is -0.148. The highest BCUT2D eigenvalue weighted by Crippen LogP contribution is 2.34. The Balaban J connectivity index is 1.71. The molecular formula is C22H26N2O4S2. The summed E-state index contributed by atoms with van der Waals surface area (Å²) in [7, 11) is -3.67. The first-order chi connectivity index (χ1) is 14.1. The van der Waals surface area contributed by atoms with Gasteiger partial charge in [-0.25, -0.2) is 8.42 Å². The van der Waals surface area contributed by atoms with Crippen LogP contribution in [0.5, 0.6) is 0 Å². The molecule has 1 heterocycles. The van der Waals surface area contributed by atoms with E-state index in [9.17, 15) is 18.0 Å². The number of thioether (sulfide) groups is 1. The molecule has 0 fully saturated rings. The number of hydrogen-bond donors (Lipinski definition) is 2. The van der Waals surface area contributed by atoms with Gasteiger partial charge in [-0.2, -0.15) is 0 Å². The molecule has 3 rings (SSSR count). The van der Waals surface area contributed by atoms with Crippen molar-refractivity contribution in [2.45, 2.75) is 43.9 Å². The molecule has 0 radical (unpaired) electrons. The number of aryl methyl sites for hydroxylation is 3. The second-order valence-electron chi connectivity index (χ2n) is 7.75. The molecule has 6 nitrogen and oxygen atoms in total. The molecule has 0 aliphatic carbocycles. The van der Waals surface area contributed by atoms with Gasteiger partial charge in [0.2, 0.25) is 11.8 Å². The largest absolute Gasteiger partial charge is 0.326 e.